The molecule has 5 heteroatoms. The summed E-state index contributed by atoms with van der Waals surface area (Å²) >= 11 is 0. The molecular weight excluding hydrogens is 80.8 g/mol. The van der Waals surface area contributed by atoms with Gasteiger partial charge in [0.25, 0.3) is 0 Å². The number of nitrogens with zero attached hydrogens (tertiary/aromatic N) is 3. The van der Waals surface area contributed by atoms with Crippen LogP contribution in [-0.4, -0.2) is 14.1 Å². The fraction of sp³-hybridized carbons (Fsp3) is 0. The summed E-state index contributed by atoms with van der Waals surface area (Å²) < 4.78 is 4.73. The Labute approximate surface area is 35.3 Å². The van der Waals surface area contributed by atoms with Crippen LogP contribution in [0.4, 0.5) is 0 Å². The van der Waals surface area contributed by atoms with Gasteiger partial charge in [0.1, 0.15) is 8.05 Å². The number of rotatable bonds is 0. The molecule has 1 aliphatic heterocycles. The van der Waals surface area contributed by atoms with Crippen LogP contribution in [0.5, 0.6) is 0 Å². The molecular formula is CH3BN3O-. The summed E-state index contributed by atoms with van der Waals surface area (Å²) in [7, 11) is -0.0291. The van der Waals surface area contributed by atoms with Crippen LogP contribution < -0.4 is 0 Å². The van der Waals surface area contributed by atoms with Gasteiger partial charge in [-0.3, -0.25) is 0 Å². The molecule has 0 aromatic rings. The Morgan fingerprint density at radius 3 is 2.33 bits per heavy atom. The van der Waals surface area contributed by atoms with Gasteiger partial charge in [-0.05, 0) is 5.22 Å². The van der Waals surface area contributed by atoms with E-state index in [1.807, 2.05) is 0 Å². The highest BCUT2D eigenvalue weighted by Crippen LogP contribution is 1.94. The standard InChI is InChI=1S/CH3BN3O/c2-6-1-3-5-4-1/h2H3/q-1. The third-order valence-corrected chi connectivity index (χ3v) is 0.261. The van der Waals surface area contributed by atoms with Crippen LogP contribution in [0.3, 0.4) is 0 Å². The number of hydrogen-bond acceptors (Lipinski definition) is 4. The van der Waals surface area contributed by atoms with E-state index in [-0.39, 0.29) is 8.05 Å². The first kappa shape index (κ1) is 3.33. The van der Waals surface area contributed by atoms with E-state index in [9.17, 15) is 0 Å². The van der Waals surface area contributed by atoms with Gasteiger partial charge in [0.15, 0.2) is 0 Å². The summed E-state index contributed by atoms with van der Waals surface area (Å²) in [6.07, 6.45) is 0. The minimum atomic E-state index is -0.0291. The molecule has 6 heavy (non-hydrogen) atoms. The molecule has 1 aliphatic rings. The van der Waals surface area contributed by atoms with E-state index in [0.29, 0.717) is 6.02 Å². The summed E-state index contributed by atoms with van der Waals surface area (Å²) in [5.41, 5.74) is 0. The van der Waals surface area contributed by atoms with Crippen molar-refractivity contribution in [3.8, 4) is 0 Å². The van der Waals surface area contributed by atoms with Crippen LogP contribution in [0.2, 0.25) is 0 Å². The van der Waals surface area contributed by atoms with Crippen molar-refractivity contribution < 1.29 is 4.65 Å². The molecule has 0 atom stereocenters. The van der Waals surface area contributed by atoms with Gasteiger partial charge < -0.3 is 4.65 Å². The van der Waals surface area contributed by atoms with Crippen LogP contribution >= 0.6 is 0 Å². The molecule has 0 spiro atoms. The van der Waals surface area contributed by atoms with Crippen molar-refractivity contribution in [3.63, 3.8) is 0 Å². The second-order valence-electron chi connectivity index (χ2n) is 0.572. The highest BCUT2D eigenvalue weighted by atomic mass is 16.5. The predicted octanol–water partition coefficient (Wildman–Crippen LogP) is -0.980. The Bertz CT molecular complexity index is 107. The van der Waals surface area contributed by atoms with Crippen LogP contribution in [0.25, 0.3) is 0 Å². The van der Waals surface area contributed by atoms with Crippen molar-refractivity contribution in [2.24, 2.45) is 15.4 Å². The highest BCUT2D eigenvalue weighted by Gasteiger charge is 1.94. The minimum absolute atomic E-state index is 0.0291. The molecule has 0 aliphatic carbocycles. The normalized spacial score (nSPS) is 15.8. The average molecular weight is 83.9 g/mol. The molecule has 4 nitrogen and oxygen atoms in total. The van der Waals surface area contributed by atoms with Crippen molar-refractivity contribution >= 4 is 14.1 Å². The first-order valence-corrected chi connectivity index (χ1v) is 1.05. The van der Waals surface area contributed by atoms with Gasteiger partial charge in [-0.2, -0.15) is 0 Å². The van der Waals surface area contributed by atoms with Gasteiger partial charge in [-0.25, -0.2) is 0 Å². The Kier molecular flexibility index (Phi) is 0.599. The van der Waals surface area contributed by atoms with E-state index in [0.717, 1.165) is 0 Å². The molecule has 1 heterocycles. The Morgan fingerprint density at radius 1 is 1.67 bits per heavy atom. The molecule has 0 unspecified atom stereocenters. The summed E-state index contributed by atoms with van der Waals surface area (Å²) in [6.45, 7) is 0. The molecule has 0 fully saturated rings. The van der Waals surface area contributed by atoms with Gasteiger partial charge >= 0.3 is 6.02 Å². The summed E-state index contributed by atoms with van der Waals surface area (Å²) in [6, 6.07) is 0.468. The maximum absolute atomic E-state index is 4.73. The van der Waals surface area contributed by atoms with E-state index in [1.54, 1.807) is 0 Å². The molecule has 0 amide bonds. The van der Waals surface area contributed by atoms with Crippen molar-refractivity contribution in [2.75, 3.05) is 0 Å². The lowest BCUT2D eigenvalue weighted by Gasteiger charge is -2.03. The average Bonchev–Trinajstić information content (AvgIpc) is 1.31. The zero-order chi connectivity index (χ0) is 4.41. The molecule has 0 saturated carbocycles. The number of hydrogen-bond donors (Lipinski definition) is 0. The smallest absolute Gasteiger partial charge is 0.308 e. The molecule has 0 radical (unpaired) electrons. The van der Waals surface area contributed by atoms with Crippen molar-refractivity contribution in [3.05, 3.63) is 0 Å². The zero-order valence-electron chi connectivity index (χ0n) is 2.25. The molecule has 0 aromatic carbocycles. The van der Waals surface area contributed by atoms with E-state index in [2.05, 4.69) is 15.4 Å². The molecule has 0 saturated heterocycles. The monoisotopic (exact) mass is 84.0 g/mol. The van der Waals surface area contributed by atoms with Crippen molar-refractivity contribution in [2.45, 2.75) is 0 Å². The SMILES string of the molecule is [BH3-]OC1=NN=N1. The van der Waals surface area contributed by atoms with Gasteiger partial charge in [-0.1, -0.05) is 10.2 Å². The minimum Gasteiger partial charge on any atom is -0.692 e. The quantitative estimate of drug-likeness (QED) is 0.348. The second-order valence-corrected chi connectivity index (χ2v) is 0.572. The predicted molar refractivity (Wildman–Crippen MR) is 23.3 cm³/mol. The highest BCUT2D eigenvalue weighted by molar-refractivity contribution is 6.06. The van der Waals surface area contributed by atoms with E-state index < -0.39 is 0 Å². The Balaban J connectivity index is 2.37. The summed E-state index contributed by atoms with van der Waals surface area (Å²) in [5, 5.41) is 10.0. The lowest BCUT2D eigenvalue weighted by Crippen LogP contribution is -2.00. The Morgan fingerprint density at radius 2 is 2.33 bits per heavy atom. The van der Waals surface area contributed by atoms with Gasteiger partial charge in [0, 0.05) is 0 Å². The molecule has 0 bridgehead atoms. The van der Waals surface area contributed by atoms with Gasteiger partial charge in [0.2, 0.25) is 0 Å². The van der Waals surface area contributed by atoms with Crippen LogP contribution in [-0.2, 0) is 4.65 Å². The summed E-state index contributed by atoms with van der Waals surface area (Å²) in [4.78, 5) is 0. The van der Waals surface area contributed by atoms with Crippen LogP contribution in [0.15, 0.2) is 15.4 Å². The molecule has 0 aromatic heterocycles. The van der Waals surface area contributed by atoms with Gasteiger partial charge in [-0.15, -0.1) is 0 Å². The third kappa shape index (κ3) is 0.281. The van der Waals surface area contributed by atoms with Crippen molar-refractivity contribution in [1.82, 2.24) is 0 Å². The van der Waals surface area contributed by atoms with E-state index in [1.165, 1.54) is 0 Å². The van der Waals surface area contributed by atoms with E-state index in [4.69, 9.17) is 4.65 Å². The van der Waals surface area contributed by atoms with Crippen molar-refractivity contribution in [1.29, 1.82) is 0 Å². The maximum atomic E-state index is 4.73. The molecule has 1 rings (SSSR count). The largest absolute Gasteiger partial charge is 0.692 e. The van der Waals surface area contributed by atoms with E-state index >= 15 is 0 Å². The molecule has 32 valence electrons. The first-order valence-electron chi connectivity index (χ1n) is 1.05. The molecule has 0 N–H and O–H groups in total. The van der Waals surface area contributed by atoms with Crippen LogP contribution in [0.1, 0.15) is 0 Å². The second kappa shape index (κ2) is 1.08. The Hall–Kier alpha value is -0.865. The topological polar surface area (TPSA) is 46.3 Å². The maximum Gasteiger partial charge on any atom is 0.308 e. The fourth-order valence-electron chi connectivity index (χ4n) is 0.0812. The number of amidine groups is 1. The third-order valence-electron chi connectivity index (χ3n) is 0.261. The first-order chi connectivity index (χ1) is 2.93. The van der Waals surface area contributed by atoms with Gasteiger partial charge in [0.05, 0.1) is 0 Å². The zero-order valence-corrected chi connectivity index (χ0v) is 2.25. The van der Waals surface area contributed by atoms with Crippen LogP contribution in [0, 0.1) is 0 Å². The lowest BCUT2D eigenvalue weighted by molar-refractivity contribution is 0.569. The fourth-order valence-corrected chi connectivity index (χ4v) is 0.0812. The summed E-state index contributed by atoms with van der Waals surface area (Å²) in [5.74, 6) is 0. The lowest BCUT2D eigenvalue weighted by atomic mass is 10.6.